The van der Waals surface area contributed by atoms with Gasteiger partial charge in [-0.1, -0.05) is 5.16 Å². The van der Waals surface area contributed by atoms with E-state index in [-0.39, 0.29) is 132 Å². The molecule has 20 nitrogen and oxygen atoms in total. The van der Waals surface area contributed by atoms with Gasteiger partial charge in [0.2, 0.25) is 0 Å². The van der Waals surface area contributed by atoms with Crippen LogP contribution in [0, 0.1) is 0 Å². The predicted molar refractivity (Wildman–Crippen MR) is 184 cm³/mol. The van der Waals surface area contributed by atoms with Gasteiger partial charge < -0.3 is 45.7 Å². The number of phenolic OH excluding ortho intramolecular Hbond substituents is 2. The molecule has 0 unspecified atom stereocenters. The number of phenols is 2. The standard InChI is InChI=1S/C28H25N9O11S3.3Na.3H/c1-10-2-17(37-16(30-10)5-35(34-37)28(46)47)49-7-13-8-50-24-19(23(41)36(24)20(13)26(44)45)32-22(40)18(14-9-51-27(29)31-14)33-48-6-12-3-11(25(42)43)4-15(38)21(12)39;;;;;;/h2-5,9,19,24,34,38-39H,6-8H2,1H3,(H2,29,31)(H,32,40)(H,42,43)(H,44,45)(H,46,47);;;;;;/q;3*+1;3*-1/b33-18-;;;;;;/t19-,24-;;;;;;/m1....../s1. The first-order valence-corrected chi connectivity index (χ1v) is 17.3. The number of nitrogens with zero attached hydrogens (tertiary/aromatic N) is 6. The van der Waals surface area contributed by atoms with Crippen LogP contribution in [-0.2, 0) is 25.8 Å². The van der Waals surface area contributed by atoms with E-state index in [1.54, 1.807) is 13.0 Å². The molecule has 0 bridgehead atoms. The number of anilines is 1. The number of nitrogens with two attached hydrogens (primary N) is 1. The van der Waals surface area contributed by atoms with Gasteiger partial charge in [0.15, 0.2) is 28.2 Å². The van der Waals surface area contributed by atoms with Gasteiger partial charge in [0.25, 0.3) is 11.8 Å². The maximum absolute atomic E-state index is 13.5. The third-order valence-electron chi connectivity index (χ3n) is 7.43. The second-order valence-electron chi connectivity index (χ2n) is 10.8. The SMILES string of the molecule is CC1=NC2=CN(C(=O)O)NN2C(SCC2=C(C(=O)O)N3C(=O)[C@@H](NC(=O)/C(=N\OCc4cc(C(=O)O)cc(O)c4O)c4csc(N)n4)[C@H]3SC2)=C1.[H-].[H-].[H-].[Na+].[Na+].[Na+]. The minimum absolute atomic E-state index is 0. The first-order valence-electron chi connectivity index (χ1n) is 14.3. The van der Waals surface area contributed by atoms with Crippen molar-refractivity contribution in [2.75, 3.05) is 17.2 Å². The number of allylic oxidation sites excluding steroid dienone is 1. The molecule has 0 radical (unpaired) electrons. The van der Waals surface area contributed by atoms with E-state index in [9.17, 15) is 49.5 Å². The number of hydrogen-bond acceptors (Lipinski definition) is 17. The molecule has 1 fully saturated rings. The number of β-lactam (4-membered cyclic amide) rings is 1. The van der Waals surface area contributed by atoms with E-state index >= 15 is 0 Å². The second kappa shape index (κ2) is 18.9. The molecule has 1 saturated heterocycles. The van der Waals surface area contributed by atoms with E-state index in [4.69, 9.17) is 10.6 Å². The average molecular weight is 832 g/mol. The van der Waals surface area contributed by atoms with Gasteiger partial charge in [-0.2, -0.15) is 5.01 Å². The van der Waals surface area contributed by atoms with E-state index in [0.717, 1.165) is 33.4 Å². The largest absolute Gasteiger partial charge is 1.00 e. The van der Waals surface area contributed by atoms with Crippen molar-refractivity contribution in [1.82, 2.24) is 30.8 Å². The van der Waals surface area contributed by atoms with Crippen LogP contribution in [0.25, 0.3) is 0 Å². The maximum atomic E-state index is 13.5. The summed E-state index contributed by atoms with van der Waals surface area (Å²) >= 11 is 3.41. The molecule has 5 heterocycles. The van der Waals surface area contributed by atoms with Gasteiger partial charge in [-0.25, -0.2) is 29.4 Å². The van der Waals surface area contributed by atoms with Crippen LogP contribution in [0.3, 0.4) is 0 Å². The molecule has 6 rings (SSSR count). The number of carbonyl (C=O) groups is 5. The third-order valence-corrected chi connectivity index (χ3v) is 10.5. The Labute approximate surface area is 387 Å². The minimum atomic E-state index is -1.38. The zero-order valence-electron chi connectivity index (χ0n) is 31.8. The number of carboxylic acids is 2. The van der Waals surface area contributed by atoms with Gasteiger partial charge in [-0.15, -0.1) is 40.4 Å². The Bertz CT molecular complexity index is 2080. The summed E-state index contributed by atoms with van der Waals surface area (Å²) in [6.45, 7) is 1.15. The van der Waals surface area contributed by atoms with Crippen LogP contribution in [0.5, 0.6) is 11.5 Å². The number of oxime groups is 1. The number of rotatable bonds is 11. The van der Waals surface area contributed by atoms with Gasteiger partial charge in [-0.05, 0) is 30.7 Å². The zero-order valence-corrected chi connectivity index (χ0v) is 37.3. The number of fused-ring (bicyclic) bond motifs is 2. The number of amides is 3. The number of aromatic carboxylic acids is 1. The summed E-state index contributed by atoms with van der Waals surface area (Å²) in [5.74, 6) is -5.10. The van der Waals surface area contributed by atoms with Crippen molar-refractivity contribution in [1.29, 1.82) is 0 Å². The number of hydrogen-bond donors (Lipinski definition) is 8. The Kier molecular flexibility index (Phi) is 16.0. The number of nitrogen functional groups attached to an aromatic ring is 1. The second-order valence-corrected chi connectivity index (χ2v) is 13.8. The molecule has 2 aromatic rings. The summed E-state index contributed by atoms with van der Waals surface area (Å²) in [7, 11) is 0. The van der Waals surface area contributed by atoms with Crippen LogP contribution in [0.2, 0.25) is 0 Å². The van der Waals surface area contributed by atoms with Crippen molar-refractivity contribution >= 4 is 81.3 Å². The van der Waals surface area contributed by atoms with Gasteiger partial charge in [0, 0.05) is 28.2 Å². The van der Waals surface area contributed by atoms with Crippen LogP contribution >= 0.6 is 34.9 Å². The van der Waals surface area contributed by atoms with Crippen LogP contribution in [0.4, 0.5) is 9.93 Å². The summed E-state index contributed by atoms with van der Waals surface area (Å²) in [6, 6.07) is 0.723. The normalized spacial score (nSPS) is 18.7. The fourth-order valence-corrected chi connectivity index (χ4v) is 8.21. The molecule has 4 aliphatic heterocycles. The van der Waals surface area contributed by atoms with Crippen LogP contribution in [0.1, 0.15) is 32.8 Å². The molecule has 3 amide bonds. The minimum Gasteiger partial charge on any atom is -1.00 e. The number of carboxylic acid groups (broad SMARTS) is 3. The van der Waals surface area contributed by atoms with E-state index in [2.05, 4.69) is 26.0 Å². The van der Waals surface area contributed by atoms with Crippen LogP contribution in [-0.4, -0.2) is 110 Å². The van der Waals surface area contributed by atoms with Crippen molar-refractivity contribution in [3.63, 3.8) is 0 Å². The maximum Gasteiger partial charge on any atom is 1.00 e. The molecule has 4 aliphatic rings. The van der Waals surface area contributed by atoms with Crippen molar-refractivity contribution < 1.29 is 147 Å². The molecule has 54 heavy (non-hydrogen) atoms. The summed E-state index contributed by atoms with van der Waals surface area (Å²) in [5, 5.41) is 58.6. The number of aliphatic imine (C=N–C) groups is 1. The predicted octanol–water partition coefficient (Wildman–Crippen LogP) is -7.59. The Morgan fingerprint density at radius 3 is 2.52 bits per heavy atom. The number of nitrogens with one attached hydrogen (secondary N) is 2. The fourth-order valence-electron chi connectivity index (χ4n) is 5.11. The Morgan fingerprint density at radius 1 is 1.17 bits per heavy atom. The summed E-state index contributed by atoms with van der Waals surface area (Å²) in [6.07, 6.45) is 1.72. The number of aliphatic carboxylic acids is 1. The van der Waals surface area contributed by atoms with Gasteiger partial charge in [0.05, 0.1) is 16.8 Å². The van der Waals surface area contributed by atoms with E-state index in [1.165, 1.54) is 40.1 Å². The van der Waals surface area contributed by atoms with E-state index in [0.29, 0.717) is 22.1 Å². The number of benzene rings is 1. The Hall–Kier alpha value is -2.78. The number of carbonyl (C=O) groups excluding carboxylic acids is 2. The van der Waals surface area contributed by atoms with Crippen molar-refractivity contribution in [3.05, 3.63) is 68.7 Å². The first-order chi connectivity index (χ1) is 24.2. The molecule has 1 aromatic heterocycles. The summed E-state index contributed by atoms with van der Waals surface area (Å²) in [4.78, 5) is 76.8. The zero-order chi connectivity index (χ0) is 36.7. The quantitative estimate of drug-likeness (QED) is 0.0343. The molecule has 1 aromatic carbocycles. The van der Waals surface area contributed by atoms with E-state index < -0.39 is 65.1 Å². The molecule has 0 aliphatic carbocycles. The number of hydrazine groups is 2. The summed E-state index contributed by atoms with van der Waals surface area (Å²) < 4.78 is 0. The molecule has 272 valence electrons. The third kappa shape index (κ3) is 9.42. The molecular weight excluding hydrogens is 804 g/mol. The molecule has 0 saturated carbocycles. The first kappa shape index (κ1) is 45.6. The van der Waals surface area contributed by atoms with Gasteiger partial charge in [-0.3, -0.25) is 14.5 Å². The van der Waals surface area contributed by atoms with Gasteiger partial charge in [0.1, 0.15) is 29.4 Å². The van der Waals surface area contributed by atoms with Crippen molar-refractivity contribution in [2.45, 2.75) is 24.9 Å². The topological polar surface area (TPSA) is 293 Å². The number of thioether (sulfide) groups is 2. The summed E-state index contributed by atoms with van der Waals surface area (Å²) in [5.41, 5.74) is 8.22. The molecule has 26 heteroatoms. The van der Waals surface area contributed by atoms with Crippen LogP contribution in [0.15, 0.2) is 62.1 Å². The molecule has 9 N–H and O–H groups in total. The van der Waals surface area contributed by atoms with Crippen molar-refractivity contribution in [3.8, 4) is 11.5 Å². The van der Waals surface area contributed by atoms with Crippen molar-refractivity contribution in [2.24, 2.45) is 10.1 Å². The molecular formula is C28H28N9Na3O11S3. The number of thiazole rings is 1. The van der Waals surface area contributed by atoms with Gasteiger partial charge >= 0.3 is 107 Å². The van der Waals surface area contributed by atoms with Crippen LogP contribution < -0.4 is 105 Å². The fraction of sp³-hybridized carbons (Fsp3) is 0.214. The number of aromatic hydroxyl groups is 2. The smallest absolute Gasteiger partial charge is 1.00 e. The average Bonchev–Trinajstić information content (AvgIpc) is 3.71. The number of aromatic nitrogens is 1. The molecule has 2 atom stereocenters. The monoisotopic (exact) mass is 831 g/mol. The molecule has 0 spiro atoms. The Balaban J connectivity index is 0.00000523. The Morgan fingerprint density at radius 2 is 1.89 bits per heavy atom. The van der Waals surface area contributed by atoms with E-state index in [1.807, 2.05) is 0 Å².